The van der Waals surface area contributed by atoms with Gasteiger partial charge in [0.25, 0.3) is 0 Å². The summed E-state index contributed by atoms with van der Waals surface area (Å²) in [7, 11) is 0. The van der Waals surface area contributed by atoms with Gasteiger partial charge in [-0.15, -0.1) is 0 Å². The summed E-state index contributed by atoms with van der Waals surface area (Å²) in [6, 6.07) is 18.6. The van der Waals surface area contributed by atoms with E-state index in [0.29, 0.717) is 0 Å². The van der Waals surface area contributed by atoms with Crippen LogP contribution in [-0.4, -0.2) is 43.5 Å². The first kappa shape index (κ1) is 15.3. The van der Waals surface area contributed by atoms with E-state index in [9.17, 15) is 4.79 Å². The van der Waals surface area contributed by atoms with E-state index in [0.717, 1.165) is 11.1 Å². The molecule has 0 aromatic heterocycles. The maximum absolute atomic E-state index is 11.8. The Hall–Kier alpha value is -0.695. The second-order valence-electron chi connectivity index (χ2n) is 3.06. The molecule has 0 unspecified atom stereocenters. The van der Waals surface area contributed by atoms with Gasteiger partial charge in [0, 0.05) is 11.1 Å². The van der Waals surface area contributed by atoms with E-state index in [4.69, 9.17) is 0 Å². The molecule has 0 atom stereocenters. The topological polar surface area (TPSA) is 17.1 Å². The number of benzene rings is 2. The molecule has 0 amide bonds. The van der Waals surface area contributed by atoms with Gasteiger partial charge in [-0.25, -0.2) is 0 Å². The minimum absolute atomic E-state index is 0. The van der Waals surface area contributed by atoms with Gasteiger partial charge in [-0.2, -0.15) is 0 Å². The van der Waals surface area contributed by atoms with Crippen molar-refractivity contribution in [2.45, 2.75) is 0 Å². The molecule has 2 rings (SSSR count). The summed E-state index contributed by atoms with van der Waals surface area (Å²) in [5.41, 5.74) is 1.47. The van der Waals surface area contributed by atoms with E-state index < -0.39 is 0 Å². The number of carbonyl (C=O) groups excluding carboxylic acids is 1. The van der Waals surface area contributed by atoms with E-state index in [1.807, 2.05) is 60.7 Å². The predicted molar refractivity (Wildman–Crippen MR) is 70.6 cm³/mol. The third-order valence-electron chi connectivity index (χ3n) is 2.07. The van der Waals surface area contributed by atoms with Crippen molar-refractivity contribution in [1.29, 1.82) is 0 Å². The number of hydrogen-bond acceptors (Lipinski definition) is 1. The van der Waals surface area contributed by atoms with Gasteiger partial charge in [-0.3, -0.25) is 4.79 Å². The van der Waals surface area contributed by atoms with Crippen LogP contribution in [0.1, 0.15) is 15.9 Å². The molecular formula is C13H12Li2O. The van der Waals surface area contributed by atoms with Crippen LogP contribution >= 0.6 is 0 Å². The van der Waals surface area contributed by atoms with Gasteiger partial charge >= 0.3 is 37.7 Å². The van der Waals surface area contributed by atoms with Gasteiger partial charge in [0.15, 0.2) is 5.78 Å². The van der Waals surface area contributed by atoms with Gasteiger partial charge in [0.1, 0.15) is 0 Å². The summed E-state index contributed by atoms with van der Waals surface area (Å²) >= 11 is 0. The first-order valence-electron chi connectivity index (χ1n) is 4.53. The second-order valence-corrected chi connectivity index (χ2v) is 3.06. The molecule has 72 valence electrons. The zero-order valence-electron chi connectivity index (χ0n) is 7.68. The molecule has 1 nitrogen and oxygen atoms in total. The quantitative estimate of drug-likeness (QED) is 0.529. The molecule has 0 saturated carbocycles. The van der Waals surface area contributed by atoms with Gasteiger partial charge in [0.05, 0.1) is 0 Å². The van der Waals surface area contributed by atoms with Crippen LogP contribution in [-0.2, 0) is 0 Å². The molecule has 0 bridgehead atoms. The van der Waals surface area contributed by atoms with Crippen molar-refractivity contribution >= 4 is 43.5 Å². The monoisotopic (exact) mass is 198 g/mol. The number of rotatable bonds is 2. The number of ketones is 1. The Balaban J connectivity index is 0.00000112. The molecular weight excluding hydrogens is 186 g/mol. The Morgan fingerprint density at radius 1 is 0.625 bits per heavy atom. The van der Waals surface area contributed by atoms with E-state index in [-0.39, 0.29) is 43.5 Å². The first-order chi connectivity index (χ1) is 6.88. The van der Waals surface area contributed by atoms with Crippen molar-refractivity contribution in [3.05, 3.63) is 71.8 Å². The molecule has 0 heterocycles. The van der Waals surface area contributed by atoms with Crippen LogP contribution in [0.25, 0.3) is 0 Å². The van der Waals surface area contributed by atoms with Crippen molar-refractivity contribution in [2.75, 3.05) is 0 Å². The molecule has 16 heavy (non-hydrogen) atoms. The molecule has 0 saturated heterocycles. The Labute approximate surface area is 120 Å². The van der Waals surface area contributed by atoms with Crippen LogP contribution in [0.4, 0.5) is 0 Å². The van der Waals surface area contributed by atoms with E-state index in [1.54, 1.807) is 0 Å². The SMILES string of the molecule is O=C(c1ccccc1)c1ccccc1.[LiH].[LiH]. The fourth-order valence-electron chi connectivity index (χ4n) is 1.35. The fraction of sp³-hybridized carbons (Fsp3) is 0. The Bertz CT molecular complexity index is 385. The van der Waals surface area contributed by atoms with Crippen LogP contribution in [0.3, 0.4) is 0 Å². The molecule has 3 heteroatoms. The number of carbonyl (C=O) groups is 1. The third-order valence-corrected chi connectivity index (χ3v) is 2.07. The zero-order chi connectivity index (χ0) is 9.80. The van der Waals surface area contributed by atoms with Crippen LogP contribution in [0.15, 0.2) is 60.7 Å². The van der Waals surface area contributed by atoms with Crippen molar-refractivity contribution < 1.29 is 4.79 Å². The van der Waals surface area contributed by atoms with Crippen LogP contribution in [0, 0.1) is 0 Å². The summed E-state index contributed by atoms with van der Waals surface area (Å²) in [6.07, 6.45) is 0. The van der Waals surface area contributed by atoms with Gasteiger partial charge in [-0.1, -0.05) is 60.7 Å². The summed E-state index contributed by atoms with van der Waals surface area (Å²) < 4.78 is 0. The normalized spacial score (nSPS) is 8.50. The molecule has 0 fully saturated rings. The fourth-order valence-corrected chi connectivity index (χ4v) is 1.35. The standard InChI is InChI=1S/C13H10O.2Li.2H/c14-13(11-7-3-1-4-8-11)12-9-5-2-6-10-12;;;;/h1-10H;;;;. The van der Waals surface area contributed by atoms with Crippen LogP contribution in [0.2, 0.25) is 0 Å². The minimum atomic E-state index is 0. The zero-order valence-corrected chi connectivity index (χ0v) is 7.68. The van der Waals surface area contributed by atoms with Crippen molar-refractivity contribution in [3.8, 4) is 0 Å². The number of hydrogen-bond donors (Lipinski definition) is 0. The summed E-state index contributed by atoms with van der Waals surface area (Å²) in [6.45, 7) is 0. The summed E-state index contributed by atoms with van der Waals surface area (Å²) in [4.78, 5) is 11.8. The van der Waals surface area contributed by atoms with Gasteiger partial charge in [-0.05, 0) is 0 Å². The molecule has 0 N–H and O–H groups in total. The van der Waals surface area contributed by atoms with E-state index >= 15 is 0 Å². The average molecular weight is 198 g/mol. The molecule has 0 aliphatic rings. The summed E-state index contributed by atoms with van der Waals surface area (Å²) in [5.74, 6) is 0.0752. The van der Waals surface area contributed by atoms with Crippen LogP contribution in [0.5, 0.6) is 0 Å². The van der Waals surface area contributed by atoms with Crippen molar-refractivity contribution in [3.63, 3.8) is 0 Å². The maximum atomic E-state index is 11.8. The molecule has 0 aliphatic carbocycles. The molecule has 0 spiro atoms. The van der Waals surface area contributed by atoms with E-state index in [1.165, 1.54) is 0 Å². The van der Waals surface area contributed by atoms with Gasteiger partial charge < -0.3 is 0 Å². The van der Waals surface area contributed by atoms with E-state index in [2.05, 4.69) is 0 Å². The Kier molecular flexibility index (Phi) is 7.23. The molecule has 0 aliphatic heterocycles. The van der Waals surface area contributed by atoms with Crippen LogP contribution < -0.4 is 0 Å². The average Bonchev–Trinajstić information content (AvgIpc) is 2.30. The van der Waals surface area contributed by atoms with Gasteiger partial charge in [0.2, 0.25) is 0 Å². The summed E-state index contributed by atoms with van der Waals surface area (Å²) in [5, 5.41) is 0. The first-order valence-corrected chi connectivity index (χ1v) is 4.53. The van der Waals surface area contributed by atoms with Crippen molar-refractivity contribution in [2.24, 2.45) is 0 Å². The third kappa shape index (κ3) is 3.71. The molecule has 2 aromatic carbocycles. The van der Waals surface area contributed by atoms with Crippen molar-refractivity contribution in [1.82, 2.24) is 0 Å². The predicted octanol–water partition coefficient (Wildman–Crippen LogP) is 1.62. The molecule has 0 radical (unpaired) electrons. The Morgan fingerprint density at radius 3 is 1.25 bits per heavy atom. The second kappa shape index (κ2) is 7.56. The Morgan fingerprint density at radius 2 is 0.938 bits per heavy atom. The molecule has 2 aromatic rings.